The van der Waals surface area contributed by atoms with E-state index in [1.165, 1.54) is 11.8 Å². The fourth-order valence-corrected chi connectivity index (χ4v) is 6.47. The van der Waals surface area contributed by atoms with Crippen LogP contribution in [0.3, 0.4) is 0 Å². The predicted octanol–water partition coefficient (Wildman–Crippen LogP) is 4.43. The highest BCUT2D eigenvalue weighted by Gasteiger charge is 2.45. The summed E-state index contributed by atoms with van der Waals surface area (Å²) in [7, 11) is 1.62. The number of hydrogen-bond acceptors (Lipinski definition) is 8. The fraction of sp³-hybridized carbons (Fsp3) is 0.414. The van der Waals surface area contributed by atoms with Crippen molar-refractivity contribution in [2.45, 2.75) is 56.2 Å². The average molecular weight is 543 g/mol. The van der Waals surface area contributed by atoms with Gasteiger partial charge in [-0.1, -0.05) is 6.07 Å². The Labute approximate surface area is 230 Å². The monoisotopic (exact) mass is 542 g/mol. The second kappa shape index (κ2) is 9.48. The molecule has 40 heavy (non-hydrogen) atoms. The molecule has 8 rings (SSSR count). The highest BCUT2D eigenvalue weighted by molar-refractivity contribution is 5.83. The molecule has 0 aromatic carbocycles. The van der Waals surface area contributed by atoms with Crippen LogP contribution < -0.4 is 9.64 Å². The number of ether oxygens (including phenoxy) is 1. The van der Waals surface area contributed by atoms with Gasteiger partial charge in [-0.05, 0) is 36.0 Å². The fourth-order valence-electron chi connectivity index (χ4n) is 6.47. The molecule has 204 valence electrons. The molecule has 4 aliphatic rings. The molecule has 3 aliphatic heterocycles. The van der Waals surface area contributed by atoms with Gasteiger partial charge >= 0.3 is 0 Å². The van der Waals surface area contributed by atoms with Gasteiger partial charge < -0.3 is 9.64 Å². The molecular weight excluding hydrogens is 514 g/mol. The van der Waals surface area contributed by atoms with Crippen LogP contribution in [0.5, 0.6) is 5.88 Å². The Balaban J connectivity index is 1.11. The number of piperazine rings is 1. The van der Waals surface area contributed by atoms with Crippen LogP contribution in [-0.4, -0.2) is 67.7 Å². The average Bonchev–Trinajstić information content (AvgIpc) is 3.58. The number of alkyl halides is 2. The van der Waals surface area contributed by atoms with E-state index in [0.717, 1.165) is 37.4 Å². The van der Waals surface area contributed by atoms with E-state index in [1.54, 1.807) is 30.2 Å². The van der Waals surface area contributed by atoms with E-state index in [4.69, 9.17) is 14.7 Å². The molecule has 0 radical (unpaired) electrons. The van der Waals surface area contributed by atoms with Crippen molar-refractivity contribution >= 4 is 11.3 Å². The summed E-state index contributed by atoms with van der Waals surface area (Å²) in [6, 6.07) is 8.90. The van der Waals surface area contributed by atoms with E-state index in [2.05, 4.69) is 32.0 Å². The van der Waals surface area contributed by atoms with Crippen molar-refractivity contribution in [2.24, 2.45) is 0 Å². The van der Waals surface area contributed by atoms with Crippen molar-refractivity contribution < 1.29 is 13.5 Å². The smallest absolute Gasteiger partial charge is 0.248 e. The van der Waals surface area contributed by atoms with Crippen LogP contribution in [0.25, 0.3) is 16.8 Å². The SMILES string of the molecule is COc1ccc(CN2C3CC2CN(c2cnc(-c4cc(C5CCC(F)(F)C5)cn5ncc(C#N)c45)cn2)C3)cn1. The van der Waals surface area contributed by atoms with Gasteiger partial charge in [-0.15, -0.1) is 0 Å². The predicted molar refractivity (Wildman–Crippen MR) is 143 cm³/mol. The Morgan fingerprint density at radius 1 is 1.10 bits per heavy atom. The number of nitriles is 1. The summed E-state index contributed by atoms with van der Waals surface area (Å²) in [4.78, 5) is 18.6. The molecule has 3 unspecified atom stereocenters. The summed E-state index contributed by atoms with van der Waals surface area (Å²) in [5.41, 5.74) is 4.24. The van der Waals surface area contributed by atoms with Crippen molar-refractivity contribution in [1.29, 1.82) is 5.26 Å². The molecule has 11 heteroatoms. The molecule has 4 fully saturated rings. The first-order chi connectivity index (χ1) is 19.4. The van der Waals surface area contributed by atoms with E-state index in [1.807, 2.05) is 18.3 Å². The Bertz CT molecular complexity index is 1590. The molecular formula is C29H28F2N8O. The van der Waals surface area contributed by atoms with Gasteiger partial charge in [-0.25, -0.2) is 23.3 Å². The van der Waals surface area contributed by atoms with Gasteiger partial charge in [0.05, 0.1) is 42.5 Å². The number of piperidine rings is 1. The molecule has 0 N–H and O–H groups in total. The molecule has 4 aromatic heterocycles. The number of hydrogen-bond donors (Lipinski definition) is 0. The number of halogens is 2. The lowest BCUT2D eigenvalue weighted by Gasteiger charge is -2.56. The van der Waals surface area contributed by atoms with Crippen LogP contribution in [0.2, 0.25) is 0 Å². The maximum atomic E-state index is 14.0. The van der Waals surface area contributed by atoms with Gasteiger partial charge in [0, 0.05) is 68.6 Å². The van der Waals surface area contributed by atoms with E-state index >= 15 is 0 Å². The molecule has 3 atom stereocenters. The van der Waals surface area contributed by atoms with E-state index in [9.17, 15) is 14.0 Å². The standard InChI is InChI=1S/C29H28F2N8O/c1-40-27-3-2-18(10-35-27)14-38-22-7-23(38)17-37(16-22)26-13-33-25(12-34-26)24-6-20(19-4-5-29(30,31)8-19)15-39-28(24)21(9-32)11-36-39/h2-3,6,10-13,15,19,22-23H,4-5,7-8,14,16-17H2,1H3. The third-order valence-electron chi connectivity index (χ3n) is 8.58. The van der Waals surface area contributed by atoms with Crippen LogP contribution in [0.1, 0.15) is 48.3 Å². The highest BCUT2D eigenvalue weighted by Crippen LogP contribution is 2.45. The summed E-state index contributed by atoms with van der Waals surface area (Å²) < 4.78 is 34.7. The topological polar surface area (TPSA) is 95.5 Å². The van der Waals surface area contributed by atoms with Crippen LogP contribution in [0.4, 0.5) is 14.6 Å². The lowest BCUT2D eigenvalue weighted by molar-refractivity contribution is -0.00879. The van der Waals surface area contributed by atoms with Crippen molar-refractivity contribution in [3.8, 4) is 23.2 Å². The quantitative estimate of drug-likeness (QED) is 0.353. The molecule has 9 nitrogen and oxygen atoms in total. The van der Waals surface area contributed by atoms with Crippen molar-refractivity contribution in [2.75, 3.05) is 25.1 Å². The van der Waals surface area contributed by atoms with Crippen LogP contribution in [-0.2, 0) is 6.54 Å². The van der Waals surface area contributed by atoms with E-state index in [0.29, 0.717) is 46.7 Å². The van der Waals surface area contributed by atoms with Gasteiger partial charge in [-0.2, -0.15) is 10.4 Å². The second-order valence-corrected chi connectivity index (χ2v) is 11.0. The van der Waals surface area contributed by atoms with Gasteiger partial charge in [0.1, 0.15) is 11.9 Å². The summed E-state index contributed by atoms with van der Waals surface area (Å²) in [5.74, 6) is -1.50. The Morgan fingerprint density at radius 3 is 2.60 bits per heavy atom. The van der Waals surface area contributed by atoms with Crippen molar-refractivity contribution in [1.82, 2.24) is 29.5 Å². The van der Waals surface area contributed by atoms with E-state index in [-0.39, 0.29) is 18.8 Å². The van der Waals surface area contributed by atoms with Crippen LogP contribution in [0, 0.1) is 11.3 Å². The van der Waals surface area contributed by atoms with Crippen molar-refractivity contribution in [3.63, 3.8) is 0 Å². The number of nitrogens with zero attached hydrogens (tertiary/aromatic N) is 8. The third kappa shape index (κ3) is 4.32. The lowest BCUT2D eigenvalue weighted by Crippen LogP contribution is -2.68. The minimum Gasteiger partial charge on any atom is -0.481 e. The summed E-state index contributed by atoms with van der Waals surface area (Å²) in [6.45, 7) is 2.59. The zero-order valence-electron chi connectivity index (χ0n) is 22.0. The van der Waals surface area contributed by atoms with Gasteiger partial charge in [0.2, 0.25) is 11.8 Å². The van der Waals surface area contributed by atoms with Gasteiger partial charge in [0.15, 0.2) is 0 Å². The summed E-state index contributed by atoms with van der Waals surface area (Å²) >= 11 is 0. The number of fused-ring (bicyclic) bond motifs is 3. The molecule has 0 amide bonds. The molecule has 1 aliphatic carbocycles. The summed E-state index contributed by atoms with van der Waals surface area (Å²) in [5, 5.41) is 14.0. The maximum absolute atomic E-state index is 14.0. The molecule has 1 saturated carbocycles. The first-order valence-corrected chi connectivity index (χ1v) is 13.5. The third-order valence-corrected chi connectivity index (χ3v) is 8.58. The Hall–Kier alpha value is -4.17. The normalized spacial score (nSPS) is 23.6. The summed E-state index contributed by atoms with van der Waals surface area (Å²) in [6.07, 6.45) is 9.90. The number of pyridine rings is 2. The molecule has 4 aromatic rings. The minimum absolute atomic E-state index is 0.117. The first-order valence-electron chi connectivity index (χ1n) is 13.5. The minimum atomic E-state index is -2.65. The number of anilines is 1. The van der Waals surface area contributed by atoms with Gasteiger partial charge in [-0.3, -0.25) is 9.88 Å². The van der Waals surface area contributed by atoms with Crippen molar-refractivity contribution in [3.05, 3.63) is 65.9 Å². The lowest BCUT2D eigenvalue weighted by atomic mass is 9.87. The molecule has 0 spiro atoms. The Morgan fingerprint density at radius 2 is 1.95 bits per heavy atom. The number of rotatable bonds is 6. The second-order valence-electron chi connectivity index (χ2n) is 11.0. The largest absolute Gasteiger partial charge is 0.481 e. The number of methoxy groups -OCH3 is 1. The Kier molecular flexibility index (Phi) is 5.89. The zero-order valence-corrected chi connectivity index (χ0v) is 22.0. The van der Waals surface area contributed by atoms with Crippen LogP contribution >= 0.6 is 0 Å². The number of aromatic nitrogens is 5. The zero-order chi connectivity index (χ0) is 27.4. The first kappa shape index (κ1) is 24.8. The van der Waals surface area contributed by atoms with Crippen LogP contribution in [0.15, 0.2) is 49.2 Å². The molecule has 2 bridgehead atoms. The van der Waals surface area contributed by atoms with Gasteiger partial charge in [0.25, 0.3) is 0 Å². The molecule has 3 saturated heterocycles. The molecule has 7 heterocycles. The van der Waals surface area contributed by atoms with E-state index < -0.39 is 5.92 Å². The maximum Gasteiger partial charge on any atom is 0.248 e. The highest BCUT2D eigenvalue weighted by atomic mass is 19.3.